The minimum atomic E-state index is 0.726. The van der Waals surface area contributed by atoms with Crippen LogP contribution >= 0.6 is 0 Å². The predicted octanol–water partition coefficient (Wildman–Crippen LogP) is 5.68. The van der Waals surface area contributed by atoms with E-state index in [2.05, 4.69) is 48.4 Å². The first-order valence-electron chi connectivity index (χ1n) is 9.90. The molecule has 3 aromatic rings. The highest BCUT2D eigenvalue weighted by Gasteiger charge is 2.13. The molecule has 0 N–H and O–H groups in total. The molecule has 0 atom stereocenters. The second-order valence-electron chi connectivity index (χ2n) is 6.99. The second kappa shape index (κ2) is 10.3. The van der Waals surface area contributed by atoms with Crippen molar-refractivity contribution >= 4 is 11.9 Å². The number of hydrogen-bond donors (Lipinski definition) is 0. The van der Waals surface area contributed by atoms with Gasteiger partial charge in [-0.15, -0.1) is 6.58 Å². The molecular weight excluding hydrogens is 372 g/mol. The van der Waals surface area contributed by atoms with Crippen molar-refractivity contribution in [3.63, 3.8) is 0 Å². The van der Waals surface area contributed by atoms with Crippen molar-refractivity contribution < 1.29 is 9.47 Å². The Kier molecular flexibility index (Phi) is 7.28. The smallest absolute Gasteiger partial charge is 0.129 e. The Bertz CT molecular complexity index is 929. The fourth-order valence-electron chi connectivity index (χ4n) is 3.30. The quantitative estimate of drug-likeness (QED) is 0.410. The largest absolute Gasteiger partial charge is 0.497 e. The van der Waals surface area contributed by atoms with E-state index in [1.165, 1.54) is 16.7 Å². The molecule has 0 aliphatic heterocycles. The van der Waals surface area contributed by atoms with Crippen molar-refractivity contribution in [3.05, 3.63) is 102 Å². The Labute approximate surface area is 179 Å². The Morgan fingerprint density at radius 1 is 0.867 bits per heavy atom. The molecule has 4 heteroatoms. The molecule has 0 saturated heterocycles. The molecule has 0 fully saturated rings. The summed E-state index contributed by atoms with van der Waals surface area (Å²) in [4.78, 5) is 6.99. The zero-order valence-corrected chi connectivity index (χ0v) is 17.7. The topological polar surface area (TPSA) is 34.6 Å². The lowest BCUT2D eigenvalue weighted by molar-refractivity contribution is 0.414. The summed E-state index contributed by atoms with van der Waals surface area (Å²) >= 11 is 0. The number of pyridine rings is 1. The van der Waals surface area contributed by atoms with Crippen molar-refractivity contribution in [2.75, 3.05) is 19.1 Å². The van der Waals surface area contributed by atoms with Crippen LogP contribution in [-0.2, 0) is 19.5 Å². The highest BCUT2D eigenvalue weighted by Crippen LogP contribution is 2.24. The van der Waals surface area contributed by atoms with Crippen molar-refractivity contribution in [1.29, 1.82) is 0 Å². The highest BCUT2D eigenvalue weighted by molar-refractivity contribution is 5.56. The zero-order chi connectivity index (χ0) is 21.3. The van der Waals surface area contributed by atoms with Gasteiger partial charge >= 0.3 is 0 Å². The van der Waals surface area contributed by atoms with E-state index < -0.39 is 0 Å². The first-order chi connectivity index (χ1) is 14.7. The average molecular weight is 401 g/mol. The lowest BCUT2D eigenvalue weighted by Gasteiger charge is -2.25. The summed E-state index contributed by atoms with van der Waals surface area (Å²) in [5, 5.41) is 0. The van der Waals surface area contributed by atoms with Gasteiger partial charge in [-0.25, -0.2) is 4.98 Å². The molecule has 0 amide bonds. The van der Waals surface area contributed by atoms with Crippen LogP contribution < -0.4 is 14.4 Å². The molecule has 0 spiro atoms. The minimum Gasteiger partial charge on any atom is -0.497 e. The molecule has 1 heterocycles. The van der Waals surface area contributed by atoms with Gasteiger partial charge in [0.05, 0.1) is 14.2 Å². The fraction of sp³-hybridized carbons (Fsp3) is 0.192. The molecule has 3 rings (SSSR count). The van der Waals surface area contributed by atoms with Crippen LogP contribution in [0.15, 0.2) is 80.0 Å². The standard InChI is InChI=1S/C26H28N2O2/c1-5-7-23-16-26(27-17-22(23)6-2)28(18-20-8-12-24(29-3)13-9-20)19-21-10-14-25(30-4)15-11-21/h5-6,8-17H,1-2,7,18-19H2,3-4H3. The number of anilines is 1. The number of ether oxygens (including phenoxy) is 2. The summed E-state index contributed by atoms with van der Waals surface area (Å²) in [6.07, 6.45) is 6.41. The van der Waals surface area contributed by atoms with Crippen LogP contribution in [0.4, 0.5) is 5.82 Å². The molecular formula is C26H28N2O2. The van der Waals surface area contributed by atoms with E-state index in [0.29, 0.717) is 0 Å². The molecule has 2 aromatic carbocycles. The molecule has 0 radical (unpaired) electrons. The Morgan fingerprint density at radius 3 is 1.83 bits per heavy atom. The summed E-state index contributed by atoms with van der Waals surface area (Å²) in [6, 6.07) is 18.4. The fourth-order valence-corrected chi connectivity index (χ4v) is 3.30. The van der Waals surface area contributed by atoms with E-state index >= 15 is 0 Å². The predicted molar refractivity (Wildman–Crippen MR) is 124 cm³/mol. The zero-order valence-electron chi connectivity index (χ0n) is 17.7. The van der Waals surface area contributed by atoms with Crippen LogP contribution in [0.3, 0.4) is 0 Å². The first-order valence-corrected chi connectivity index (χ1v) is 9.90. The van der Waals surface area contributed by atoms with E-state index in [4.69, 9.17) is 14.5 Å². The number of aromatic nitrogens is 1. The summed E-state index contributed by atoms with van der Waals surface area (Å²) in [6.45, 7) is 9.24. The second-order valence-corrected chi connectivity index (χ2v) is 6.99. The van der Waals surface area contributed by atoms with Crippen LogP contribution in [-0.4, -0.2) is 19.2 Å². The maximum absolute atomic E-state index is 5.29. The molecule has 4 nitrogen and oxygen atoms in total. The van der Waals surface area contributed by atoms with Crippen LogP contribution in [0.5, 0.6) is 11.5 Å². The number of hydrogen-bond acceptors (Lipinski definition) is 4. The maximum atomic E-state index is 5.29. The third-order valence-corrected chi connectivity index (χ3v) is 4.98. The van der Waals surface area contributed by atoms with Crippen molar-refractivity contribution in [2.45, 2.75) is 19.5 Å². The number of allylic oxidation sites excluding steroid dienone is 1. The molecule has 0 unspecified atom stereocenters. The third-order valence-electron chi connectivity index (χ3n) is 4.98. The molecule has 0 bridgehead atoms. The third kappa shape index (κ3) is 5.29. The van der Waals surface area contributed by atoms with Gasteiger partial charge in [-0.2, -0.15) is 0 Å². The number of methoxy groups -OCH3 is 2. The van der Waals surface area contributed by atoms with Gasteiger partial charge in [0.25, 0.3) is 0 Å². The Morgan fingerprint density at radius 2 is 1.40 bits per heavy atom. The summed E-state index contributed by atoms with van der Waals surface area (Å²) in [7, 11) is 3.36. The van der Waals surface area contributed by atoms with E-state index in [9.17, 15) is 0 Å². The van der Waals surface area contributed by atoms with Crippen molar-refractivity contribution in [3.8, 4) is 11.5 Å². The maximum Gasteiger partial charge on any atom is 0.129 e. The number of benzene rings is 2. The van der Waals surface area contributed by atoms with Crippen molar-refractivity contribution in [2.24, 2.45) is 0 Å². The summed E-state index contributed by atoms with van der Waals surface area (Å²) in [5.74, 6) is 2.62. The number of rotatable bonds is 10. The molecule has 1 aromatic heterocycles. The SMILES string of the molecule is C=CCc1cc(N(Cc2ccc(OC)cc2)Cc2ccc(OC)cc2)ncc1C=C. The molecule has 0 aliphatic carbocycles. The lowest BCUT2D eigenvalue weighted by Crippen LogP contribution is -2.23. The summed E-state index contributed by atoms with van der Waals surface area (Å²) < 4.78 is 10.6. The molecule has 0 saturated carbocycles. The van der Waals surface area contributed by atoms with Gasteiger partial charge in [0.15, 0.2) is 0 Å². The Hall–Kier alpha value is -3.53. The minimum absolute atomic E-state index is 0.726. The molecule has 30 heavy (non-hydrogen) atoms. The highest BCUT2D eigenvalue weighted by atomic mass is 16.5. The molecule has 0 aliphatic rings. The van der Waals surface area contributed by atoms with E-state index in [-0.39, 0.29) is 0 Å². The van der Waals surface area contributed by atoms with E-state index in [0.717, 1.165) is 42.4 Å². The normalized spacial score (nSPS) is 10.3. The Balaban J connectivity index is 1.93. The van der Waals surface area contributed by atoms with E-state index in [1.807, 2.05) is 42.6 Å². The molecule has 154 valence electrons. The first kappa shape index (κ1) is 21.2. The van der Waals surface area contributed by atoms with Gasteiger partial charge in [0.1, 0.15) is 17.3 Å². The van der Waals surface area contributed by atoms with Crippen LogP contribution in [0.25, 0.3) is 6.08 Å². The van der Waals surface area contributed by atoms with Gasteiger partial charge < -0.3 is 14.4 Å². The van der Waals surface area contributed by atoms with Gasteiger partial charge in [0.2, 0.25) is 0 Å². The van der Waals surface area contributed by atoms with Crippen molar-refractivity contribution in [1.82, 2.24) is 4.98 Å². The van der Waals surface area contributed by atoms with Crippen LogP contribution in [0.2, 0.25) is 0 Å². The van der Waals surface area contributed by atoms with Gasteiger partial charge in [-0.1, -0.05) is 43.0 Å². The van der Waals surface area contributed by atoms with Crippen LogP contribution in [0.1, 0.15) is 22.3 Å². The van der Waals surface area contributed by atoms with Gasteiger partial charge in [0, 0.05) is 19.3 Å². The summed E-state index contributed by atoms with van der Waals surface area (Å²) in [5.41, 5.74) is 4.57. The van der Waals surface area contributed by atoms with Gasteiger partial charge in [-0.05, 0) is 59.0 Å². The van der Waals surface area contributed by atoms with Gasteiger partial charge in [-0.3, -0.25) is 0 Å². The monoisotopic (exact) mass is 400 g/mol. The number of nitrogens with zero attached hydrogens (tertiary/aromatic N) is 2. The average Bonchev–Trinajstić information content (AvgIpc) is 2.80. The lowest BCUT2D eigenvalue weighted by atomic mass is 10.1. The van der Waals surface area contributed by atoms with E-state index in [1.54, 1.807) is 14.2 Å². The van der Waals surface area contributed by atoms with Crippen LogP contribution in [0, 0.1) is 0 Å².